The molecule has 0 amide bonds. The van der Waals surface area contributed by atoms with Crippen LogP contribution in [0.1, 0.15) is 11.4 Å². The molecule has 4 rings (SSSR count). The maximum absolute atomic E-state index is 5.41. The number of morpholine rings is 1. The van der Waals surface area contributed by atoms with Crippen molar-refractivity contribution in [2.45, 2.75) is 12.8 Å². The average molecular weight is 366 g/mol. The van der Waals surface area contributed by atoms with Crippen molar-refractivity contribution in [3.8, 4) is 0 Å². The third-order valence-electron chi connectivity index (χ3n) is 4.94. The summed E-state index contributed by atoms with van der Waals surface area (Å²) in [6.45, 7) is 5.47. The zero-order valence-corrected chi connectivity index (χ0v) is 15.8. The molecule has 1 fully saturated rings. The number of hydrogen-bond donors (Lipinski definition) is 1. The van der Waals surface area contributed by atoms with E-state index >= 15 is 0 Å². The molecule has 0 atom stereocenters. The molecule has 2 aromatic heterocycles. The van der Waals surface area contributed by atoms with Gasteiger partial charge in [-0.25, -0.2) is 9.97 Å². The van der Waals surface area contributed by atoms with Crippen LogP contribution in [0.4, 0.5) is 5.82 Å². The van der Waals surface area contributed by atoms with E-state index in [9.17, 15) is 0 Å². The number of anilines is 1. The lowest BCUT2D eigenvalue weighted by atomic mass is 10.1. The van der Waals surface area contributed by atoms with E-state index in [2.05, 4.69) is 39.6 Å². The standard InChI is InChI=1S/C20H26N6O/c1-25-20-17(15-22-25)19(21-9-10-26-11-13-27-14-12-26)23-18(24-20)8-7-16-5-3-2-4-6-16/h2-6,15H,7-14H2,1H3,(H,21,23,24). The third kappa shape index (κ3) is 4.43. The minimum Gasteiger partial charge on any atom is -0.379 e. The number of benzene rings is 1. The first-order valence-electron chi connectivity index (χ1n) is 9.56. The topological polar surface area (TPSA) is 68.1 Å². The minimum absolute atomic E-state index is 0.809. The van der Waals surface area contributed by atoms with E-state index < -0.39 is 0 Å². The summed E-state index contributed by atoms with van der Waals surface area (Å²) in [7, 11) is 1.92. The van der Waals surface area contributed by atoms with Gasteiger partial charge in [0, 0.05) is 39.6 Å². The highest BCUT2D eigenvalue weighted by Gasteiger charge is 2.13. The highest BCUT2D eigenvalue weighted by Crippen LogP contribution is 2.20. The number of hydrogen-bond acceptors (Lipinski definition) is 6. The summed E-state index contributed by atoms with van der Waals surface area (Å²) in [5.41, 5.74) is 2.18. The molecule has 1 saturated heterocycles. The maximum Gasteiger partial charge on any atom is 0.163 e. The van der Waals surface area contributed by atoms with E-state index in [1.807, 2.05) is 24.0 Å². The van der Waals surface area contributed by atoms with Crippen LogP contribution >= 0.6 is 0 Å². The smallest absolute Gasteiger partial charge is 0.163 e. The largest absolute Gasteiger partial charge is 0.379 e. The Morgan fingerprint density at radius 2 is 1.89 bits per heavy atom. The molecule has 3 aromatic rings. The number of nitrogens with zero attached hydrogens (tertiary/aromatic N) is 5. The molecular weight excluding hydrogens is 340 g/mol. The van der Waals surface area contributed by atoms with E-state index in [1.165, 1.54) is 5.56 Å². The fourth-order valence-corrected chi connectivity index (χ4v) is 3.37. The molecule has 1 aliphatic rings. The van der Waals surface area contributed by atoms with Crippen molar-refractivity contribution < 1.29 is 4.74 Å². The predicted molar refractivity (Wildman–Crippen MR) is 106 cm³/mol. The van der Waals surface area contributed by atoms with E-state index in [4.69, 9.17) is 14.7 Å². The van der Waals surface area contributed by atoms with E-state index in [-0.39, 0.29) is 0 Å². The lowest BCUT2D eigenvalue weighted by molar-refractivity contribution is 0.0398. The quantitative estimate of drug-likeness (QED) is 0.689. The van der Waals surface area contributed by atoms with Crippen LogP contribution in [0.15, 0.2) is 36.5 Å². The zero-order chi connectivity index (χ0) is 18.5. The van der Waals surface area contributed by atoms with Gasteiger partial charge in [-0.2, -0.15) is 5.10 Å². The molecule has 1 aliphatic heterocycles. The van der Waals surface area contributed by atoms with Crippen LogP contribution in [0.25, 0.3) is 11.0 Å². The Morgan fingerprint density at radius 1 is 1.07 bits per heavy atom. The Bertz CT molecular complexity index is 873. The maximum atomic E-state index is 5.41. The second-order valence-electron chi connectivity index (χ2n) is 6.86. The van der Waals surface area contributed by atoms with Gasteiger partial charge in [-0.15, -0.1) is 0 Å². The number of aryl methyl sites for hydroxylation is 3. The molecule has 27 heavy (non-hydrogen) atoms. The van der Waals surface area contributed by atoms with Crippen molar-refractivity contribution >= 4 is 16.9 Å². The molecule has 142 valence electrons. The molecule has 7 nitrogen and oxygen atoms in total. The molecular formula is C20H26N6O. The SMILES string of the molecule is Cn1ncc2c(NCCN3CCOCC3)nc(CCc3ccccc3)nc21. The Morgan fingerprint density at radius 3 is 2.70 bits per heavy atom. The van der Waals surface area contributed by atoms with Crippen molar-refractivity contribution in [1.82, 2.24) is 24.6 Å². The summed E-state index contributed by atoms with van der Waals surface area (Å²) in [6.07, 6.45) is 3.58. The summed E-state index contributed by atoms with van der Waals surface area (Å²) in [6, 6.07) is 10.5. The normalized spacial score (nSPS) is 15.3. The van der Waals surface area contributed by atoms with Crippen LogP contribution < -0.4 is 5.32 Å². The molecule has 0 aliphatic carbocycles. The third-order valence-corrected chi connectivity index (χ3v) is 4.94. The van der Waals surface area contributed by atoms with Crippen molar-refractivity contribution in [1.29, 1.82) is 0 Å². The summed E-state index contributed by atoms with van der Waals surface area (Å²) in [4.78, 5) is 11.9. The lowest BCUT2D eigenvalue weighted by Gasteiger charge is -2.26. The lowest BCUT2D eigenvalue weighted by Crippen LogP contribution is -2.39. The average Bonchev–Trinajstić information content (AvgIpc) is 3.09. The first-order chi connectivity index (χ1) is 13.3. The monoisotopic (exact) mass is 366 g/mol. The number of ether oxygens (including phenoxy) is 1. The van der Waals surface area contributed by atoms with E-state index in [1.54, 1.807) is 0 Å². The van der Waals surface area contributed by atoms with E-state index in [0.717, 1.165) is 74.9 Å². The predicted octanol–water partition coefficient (Wildman–Crippen LogP) is 1.89. The van der Waals surface area contributed by atoms with Gasteiger partial charge < -0.3 is 10.1 Å². The molecule has 0 unspecified atom stereocenters. The van der Waals surface area contributed by atoms with Gasteiger partial charge in [0.25, 0.3) is 0 Å². The second-order valence-corrected chi connectivity index (χ2v) is 6.86. The van der Waals surface area contributed by atoms with Crippen LogP contribution in [-0.4, -0.2) is 64.0 Å². The highest BCUT2D eigenvalue weighted by atomic mass is 16.5. The summed E-state index contributed by atoms with van der Waals surface area (Å²) < 4.78 is 7.23. The van der Waals surface area contributed by atoms with Gasteiger partial charge in [0.15, 0.2) is 5.65 Å². The molecule has 0 bridgehead atoms. The Balaban J connectivity index is 1.46. The first kappa shape index (κ1) is 17.9. The van der Waals surface area contributed by atoms with E-state index in [0.29, 0.717) is 0 Å². The van der Waals surface area contributed by atoms with Gasteiger partial charge in [0.1, 0.15) is 11.6 Å². The highest BCUT2D eigenvalue weighted by molar-refractivity contribution is 5.86. The van der Waals surface area contributed by atoms with Crippen LogP contribution in [0, 0.1) is 0 Å². The fourth-order valence-electron chi connectivity index (χ4n) is 3.37. The number of fused-ring (bicyclic) bond motifs is 1. The van der Waals surface area contributed by atoms with Gasteiger partial charge in [-0.3, -0.25) is 9.58 Å². The van der Waals surface area contributed by atoms with Gasteiger partial charge >= 0.3 is 0 Å². The molecule has 0 radical (unpaired) electrons. The second kappa shape index (κ2) is 8.45. The van der Waals surface area contributed by atoms with Crippen molar-refractivity contribution in [3.05, 3.63) is 47.9 Å². The van der Waals surface area contributed by atoms with Crippen LogP contribution in [0.5, 0.6) is 0 Å². The number of nitrogens with one attached hydrogen (secondary N) is 1. The van der Waals surface area contributed by atoms with Gasteiger partial charge in [-0.1, -0.05) is 30.3 Å². The molecule has 7 heteroatoms. The zero-order valence-electron chi connectivity index (χ0n) is 15.8. The number of aromatic nitrogens is 4. The summed E-state index contributed by atoms with van der Waals surface area (Å²) in [5.74, 6) is 1.73. The van der Waals surface area contributed by atoms with Crippen molar-refractivity contribution in [2.75, 3.05) is 44.7 Å². The van der Waals surface area contributed by atoms with Crippen molar-refractivity contribution in [3.63, 3.8) is 0 Å². The summed E-state index contributed by atoms with van der Waals surface area (Å²) in [5, 5.41) is 8.84. The molecule has 0 saturated carbocycles. The summed E-state index contributed by atoms with van der Waals surface area (Å²) >= 11 is 0. The van der Waals surface area contributed by atoms with Gasteiger partial charge in [0.2, 0.25) is 0 Å². The molecule has 0 spiro atoms. The van der Waals surface area contributed by atoms with Gasteiger partial charge in [0.05, 0.1) is 24.8 Å². The Hall–Kier alpha value is -2.51. The minimum atomic E-state index is 0.809. The first-order valence-corrected chi connectivity index (χ1v) is 9.56. The van der Waals surface area contributed by atoms with Gasteiger partial charge in [-0.05, 0) is 12.0 Å². The number of rotatable bonds is 7. The van der Waals surface area contributed by atoms with Crippen molar-refractivity contribution in [2.24, 2.45) is 7.05 Å². The Kier molecular flexibility index (Phi) is 5.60. The van der Waals surface area contributed by atoms with Crippen LogP contribution in [0.3, 0.4) is 0 Å². The Labute approximate surface area is 159 Å². The van der Waals surface area contributed by atoms with Crippen LogP contribution in [-0.2, 0) is 24.6 Å². The fraction of sp³-hybridized carbons (Fsp3) is 0.450. The molecule has 1 N–H and O–H groups in total. The molecule has 3 heterocycles. The van der Waals surface area contributed by atoms with Crippen LogP contribution in [0.2, 0.25) is 0 Å². The molecule has 1 aromatic carbocycles.